The Hall–Kier alpha value is -5.19. The molecule has 0 radical (unpaired) electrons. The molecule has 216 valence electrons. The highest BCUT2D eigenvalue weighted by atomic mass is 35.5. The van der Waals surface area contributed by atoms with Crippen LogP contribution in [-0.2, 0) is 4.79 Å². The van der Waals surface area contributed by atoms with E-state index in [9.17, 15) is 9.59 Å². The molecule has 5 rings (SSSR count). The number of para-hydroxylation sites is 2. The first kappa shape index (κ1) is 29.3. The summed E-state index contributed by atoms with van der Waals surface area (Å²) < 4.78 is 11.0. The van der Waals surface area contributed by atoms with Crippen molar-refractivity contribution in [3.05, 3.63) is 119 Å². The van der Waals surface area contributed by atoms with E-state index >= 15 is 0 Å². The minimum atomic E-state index is -0.368. The standard InChI is InChI=1S/C32H26ClN5O4S/c1-41-29-17-21(11-16-28(29)42-19-30(39)36-26-10-6-5-9-25(26)33)18-34-38-31(40)23-14-12-22(13-15-23)27-20-43-32(37-27)35-24-7-3-2-4-8-24/h2-18,20H,19H2,1H3,(H,35,37)(H,36,39)(H,38,40)/b34-18+. The van der Waals surface area contributed by atoms with Gasteiger partial charge in [0.15, 0.2) is 23.2 Å². The highest BCUT2D eigenvalue weighted by Gasteiger charge is 2.11. The van der Waals surface area contributed by atoms with Gasteiger partial charge in [-0.05, 0) is 60.2 Å². The Balaban J connectivity index is 1.13. The van der Waals surface area contributed by atoms with Crippen LogP contribution in [0.5, 0.6) is 11.5 Å². The van der Waals surface area contributed by atoms with Crippen molar-refractivity contribution in [1.29, 1.82) is 0 Å². The lowest BCUT2D eigenvalue weighted by Gasteiger charge is -2.12. The van der Waals surface area contributed by atoms with Crippen LogP contribution in [0.2, 0.25) is 5.02 Å². The summed E-state index contributed by atoms with van der Waals surface area (Å²) in [6, 6.07) is 29.0. The summed E-state index contributed by atoms with van der Waals surface area (Å²) >= 11 is 7.59. The minimum Gasteiger partial charge on any atom is -0.493 e. The fourth-order valence-electron chi connectivity index (χ4n) is 3.91. The molecule has 0 bridgehead atoms. The van der Waals surface area contributed by atoms with Crippen LogP contribution in [0.3, 0.4) is 0 Å². The van der Waals surface area contributed by atoms with Crippen molar-refractivity contribution >= 4 is 57.5 Å². The van der Waals surface area contributed by atoms with E-state index in [1.807, 2.05) is 47.8 Å². The predicted molar refractivity (Wildman–Crippen MR) is 171 cm³/mol. The van der Waals surface area contributed by atoms with Gasteiger partial charge in [0, 0.05) is 22.2 Å². The number of nitrogens with zero attached hydrogens (tertiary/aromatic N) is 2. The third kappa shape index (κ3) is 7.97. The molecule has 0 spiro atoms. The summed E-state index contributed by atoms with van der Waals surface area (Å²) in [5.74, 6) is 0.0543. The first-order valence-corrected chi connectivity index (χ1v) is 14.3. The Kier molecular flexibility index (Phi) is 9.63. The van der Waals surface area contributed by atoms with Crippen molar-refractivity contribution in [2.45, 2.75) is 0 Å². The van der Waals surface area contributed by atoms with Crippen molar-refractivity contribution in [2.75, 3.05) is 24.4 Å². The van der Waals surface area contributed by atoms with Crippen LogP contribution < -0.4 is 25.5 Å². The Morgan fingerprint density at radius 3 is 2.49 bits per heavy atom. The van der Waals surface area contributed by atoms with E-state index in [4.69, 9.17) is 21.1 Å². The SMILES string of the molecule is COc1cc(/C=N/NC(=O)c2ccc(-c3csc(Nc4ccccc4)n3)cc2)ccc1OCC(=O)Nc1ccccc1Cl. The summed E-state index contributed by atoms with van der Waals surface area (Å²) in [4.78, 5) is 29.5. The van der Waals surface area contributed by atoms with Gasteiger partial charge in [-0.2, -0.15) is 5.10 Å². The third-order valence-corrected chi connectivity index (χ3v) is 7.13. The van der Waals surface area contributed by atoms with Crippen LogP contribution in [-0.4, -0.2) is 36.7 Å². The van der Waals surface area contributed by atoms with Crippen molar-refractivity contribution in [2.24, 2.45) is 5.10 Å². The fourth-order valence-corrected chi connectivity index (χ4v) is 4.83. The van der Waals surface area contributed by atoms with Gasteiger partial charge in [-0.1, -0.05) is 54.1 Å². The van der Waals surface area contributed by atoms with Crippen molar-refractivity contribution in [1.82, 2.24) is 10.4 Å². The molecule has 0 fully saturated rings. The number of anilines is 3. The van der Waals surface area contributed by atoms with E-state index in [1.165, 1.54) is 24.7 Å². The van der Waals surface area contributed by atoms with Gasteiger partial charge in [0.25, 0.3) is 11.8 Å². The molecule has 0 aliphatic rings. The Bertz CT molecular complexity index is 1740. The van der Waals surface area contributed by atoms with Gasteiger partial charge in [-0.25, -0.2) is 10.4 Å². The number of carbonyl (C=O) groups excluding carboxylic acids is 2. The number of aromatic nitrogens is 1. The fraction of sp³-hybridized carbons (Fsp3) is 0.0625. The number of halogens is 1. The maximum absolute atomic E-state index is 12.6. The number of carbonyl (C=O) groups is 2. The van der Waals surface area contributed by atoms with Gasteiger partial charge in [-0.15, -0.1) is 11.3 Å². The average Bonchev–Trinajstić information content (AvgIpc) is 3.50. The number of ether oxygens (including phenoxy) is 2. The number of nitrogens with one attached hydrogen (secondary N) is 3. The highest BCUT2D eigenvalue weighted by Crippen LogP contribution is 2.29. The van der Waals surface area contributed by atoms with Crippen LogP contribution in [0.25, 0.3) is 11.3 Å². The topological polar surface area (TPSA) is 114 Å². The van der Waals surface area contributed by atoms with Crippen molar-refractivity contribution in [3.63, 3.8) is 0 Å². The smallest absolute Gasteiger partial charge is 0.271 e. The van der Waals surface area contributed by atoms with Crippen LogP contribution >= 0.6 is 22.9 Å². The van der Waals surface area contributed by atoms with Gasteiger partial charge >= 0.3 is 0 Å². The molecule has 4 aromatic carbocycles. The summed E-state index contributed by atoms with van der Waals surface area (Å²) in [5.41, 5.74) is 6.82. The molecule has 0 unspecified atom stereocenters. The van der Waals surface area contributed by atoms with Crippen LogP contribution in [0.1, 0.15) is 15.9 Å². The lowest BCUT2D eigenvalue weighted by molar-refractivity contribution is -0.118. The molecule has 5 aromatic rings. The maximum Gasteiger partial charge on any atom is 0.271 e. The number of hydrazone groups is 1. The third-order valence-electron chi connectivity index (χ3n) is 6.05. The van der Waals surface area contributed by atoms with Crippen LogP contribution in [0.15, 0.2) is 108 Å². The zero-order valence-corrected chi connectivity index (χ0v) is 24.5. The van der Waals surface area contributed by atoms with Gasteiger partial charge < -0.3 is 20.1 Å². The second kappa shape index (κ2) is 14.1. The zero-order valence-electron chi connectivity index (χ0n) is 22.9. The van der Waals surface area contributed by atoms with E-state index < -0.39 is 0 Å². The van der Waals surface area contributed by atoms with Crippen molar-refractivity contribution < 1.29 is 19.1 Å². The van der Waals surface area contributed by atoms with Gasteiger partial charge in [0.05, 0.1) is 29.7 Å². The first-order valence-electron chi connectivity index (χ1n) is 13.0. The van der Waals surface area contributed by atoms with Gasteiger partial charge in [-0.3, -0.25) is 9.59 Å². The number of thiazole rings is 1. The average molecular weight is 612 g/mol. The quantitative estimate of drug-likeness (QED) is 0.109. The summed E-state index contributed by atoms with van der Waals surface area (Å²) in [6.07, 6.45) is 1.49. The molecule has 0 aliphatic heterocycles. The van der Waals surface area contributed by atoms with Gasteiger partial charge in [0.1, 0.15) is 0 Å². The summed E-state index contributed by atoms with van der Waals surface area (Å²) in [5, 5.41) is 13.2. The van der Waals surface area contributed by atoms with E-state index in [-0.39, 0.29) is 18.4 Å². The number of methoxy groups -OCH3 is 1. The molecule has 11 heteroatoms. The molecule has 0 saturated carbocycles. The maximum atomic E-state index is 12.6. The van der Waals surface area contributed by atoms with E-state index in [2.05, 4.69) is 26.1 Å². The van der Waals surface area contributed by atoms with Crippen LogP contribution in [0, 0.1) is 0 Å². The Labute approximate surface area is 257 Å². The number of benzene rings is 4. The highest BCUT2D eigenvalue weighted by molar-refractivity contribution is 7.14. The second-order valence-electron chi connectivity index (χ2n) is 9.03. The number of amides is 2. The molecule has 3 N–H and O–H groups in total. The minimum absolute atomic E-state index is 0.238. The van der Waals surface area contributed by atoms with Crippen molar-refractivity contribution in [3.8, 4) is 22.8 Å². The van der Waals surface area contributed by atoms with E-state index in [1.54, 1.807) is 54.6 Å². The van der Waals surface area contributed by atoms with Crippen LogP contribution in [0.4, 0.5) is 16.5 Å². The number of hydrogen-bond acceptors (Lipinski definition) is 8. The predicted octanol–water partition coefficient (Wildman–Crippen LogP) is 7.00. The largest absolute Gasteiger partial charge is 0.493 e. The molecule has 0 saturated heterocycles. The molecule has 43 heavy (non-hydrogen) atoms. The molecule has 0 aliphatic carbocycles. The zero-order chi connectivity index (χ0) is 30.0. The van der Waals surface area contributed by atoms with E-state index in [0.29, 0.717) is 33.3 Å². The Morgan fingerprint density at radius 1 is 0.953 bits per heavy atom. The molecular weight excluding hydrogens is 586 g/mol. The molecule has 1 aromatic heterocycles. The summed E-state index contributed by atoms with van der Waals surface area (Å²) in [7, 11) is 1.49. The first-order chi connectivity index (χ1) is 21.0. The lowest BCUT2D eigenvalue weighted by Crippen LogP contribution is -2.20. The Morgan fingerprint density at radius 2 is 1.72 bits per heavy atom. The second-order valence-corrected chi connectivity index (χ2v) is 10.3. The monoisotopic (exact) mass is 611 g/mol. The molecular formula is C32H26ClN5O4S. The normalized spacial score (nSPS) is 10.7. The summed E-state index contributed by atoms with van der Waals surface area (Å²) in [6.45, 7) is -0.238. The molecule has 0 atom stereocenters. The molecule has 1 heterocycles. The number of rotatable bonds is 11. The molecule has 9 nitrogen and oxygen atoms in total. The van der Waals surface area contributed by atoms with E-state index in [0.717, 1.165) is 22.1 Å². The molecule has 2 amide bonds. The number of hydrogen-bond donors (Lipinski definition) is 3. The lowest BCUT2D eigenvalue weighted by atomic mass is 10.1. The van der Waals surface area contributed by atoms with Gasteiger partial charge in [0.2, 0.25) is 0 Å².